The van der Waals surface area contributed by atoms with Crippen LogP contribution in [0.2, 0.25) is 0 Å². The van der Waals surface area contributed by atoms with Crippen LogP contribution >= 0.6 is 11.3 Å². The van der Waals surface area contributed by atoms with Crippen molar-refractivity contribution in [3.05, 3.63) is 45.9 Å². The van der Waals surface area contributed by atoms with Gasteiger partial charge in [-0.2, -0.15) is 0 Å². The number of Topliss-reactive ketones (excluding diaryl/α,β-unsaturated/α-hetero) is 1. The second kappa shape index (κ2) is 26.6. The number of nitrogens with two attached hydrogens (primary N) is 1. The molecule has 1 aliphatic heterocycles. The number of aliphatic carboxylic acids is 1. The summed E-state index contributed by atoms with van der Waals surface area (Å²) in [6.07, 6.45) is 2.83. The number of esters is 3. The average Bonchev–Trinajstić information content (AvgIpc) is 3.75. The SMILES string of the molecule is CCC(C)C(CC(=O)C1CCCCN1C)C(=O)N(COC(=O)CC(C)C)C(CC(OC(C)=O)c1nc(C(=O)NC(Cc2ccc(OC(=O)C(N)C(C)C)cc2)CC(C)C(=O)O)cs1)C(C)C. The van der Waals surface area contributed by atoms with Gasteiger partial charge in [-0.05, 0) is 80.6 Å². The van der Waals surface area contributed by atoms with E-state index in [9.17, 15) is 38.7 Å². The summed E-state index contributed by atoms with van der Waals surface area (Å²) in [4.78, 5) is 101. The van der Waals surface area contributed by atoms with E-state index in [1.54, 1.807) is 31.2 Å². The summed E-state index contributed by atoms with van der Waals surface area (Å²) in [5.41, 5.74) is 6.69. The Hall–Kier alpha value is -4.74. The van der Waals surface area contributed by atoms with Crippen LogP contribution in [0.4, 0.5) is 0 Å². The monoisotopic (exact) mass is 942 g/mol. The van der Waals surface area contributed by atoms with Gasteiger partial charge in [0.15, 0.2) is 18.6 Å². The molecule has 0 saturated carbocycles. The fourth-order valence-corrected chi connectivity index (χ4v) is 8.89. The Morgan fingerprint density at radius 3 is 2.18 bits per heavy atom. The molecule has 8 atom stereocenters. The largest absolute Gasteiger partial charge is 0.481 e. The Balaban J connectivity index is 1.94. The van der Waals surface area contributed by atoms with Gasteiger partial charge in [-0.1, -0.05) is 87.3 Å². The summed E-state index contributed by atoms with van der Waals surface area (Å²) in [7, 11) is 1.94. The standard InChI is InChI=1S/C49H75N5O11S/c1-12-31(8)37(24-41(56)39-15-13-14-20-53(39)11)47(59)54(27-63-43(57)21-28(2)3)40(29(4)5)25-42(64-33(10)55)46-52-38(26-66-46)45(58)51-35(22-32(9)48(60)61)23-34-16-18-36(19-17-34)65-49(62)44(50)30(6)7/h16-19,26,28-32,35,37,39-40,42,44H,12-15,20-25,27,50H2,1-11H3,(H,51,58)(H,60,61). The fraction of sp³-hybridized carbons (Fsp3) is 0.673. The molecule has 16 nitrogen and oxygen atoms in total. The number of hydrogen-bond acceptors (Lipinski definition) is 14. The van der Waals surface area contributed by atoms with E-state index in [1.807, 2.05) is 62.4 Å². The number of carbonyl (C=O) groups is 7. The van der Waals surface area contributed by atoms with Crippen LogP contribution < -0.4 is 15.8 Å². The van der Waals surface area contributed by atoms with Gasteiger partial charge in [0.05, 0.1) is 12.0 Å². The number of carbonyl (C=O) groups excluding carboxylic acids is 6. The minimum Gasteiger partial charge on any atom is -0.481 e. The zero-order chi connectivity index (χ0) is 49.4. The van der Waals surface area contributed by atoms with Crippen molar-refractivity contribution in [3.63, 3.8) is 0 Å². The number of benzene rings is 1. The highest BCUT2D eigenvalue weighted by molar-refractivity contribution is 7.09. The Morgan fingerprint density at radius 1 is 0.955 bits per heavy atom. The average molecular weight is 942 g/mol. The molecule has 2 amide bonds. The number of likely N-dealkylation sites (N-methyl/N-ethyl adjacent to an activating group) is 1. The molecule has 368 valence electrons. The normalized spacial score (nSPS) is 17.5. The van der Waals surface area contributed by atoms with Crippen LogP contribution in [0.3, 0.4) is 0 Å². The zero-order valence-electron chi connectivity index (χ0n) is 40.9. The number of nitrogens with one attached hydrogen (secondary N) is 1. The maximum atomic E-state index is 14.9. The maximum absolute atomic E-state index is 14.9. The minimum absolute atomic E-state index is 0.00284. The van der Waals surface area contributed by atoms with E-state index >= 15 is 0 Å². The lowest BCUT2D eigenvalue weighted by Gasteiger charge is -2.39. The number of hydrogen-bond donors (Lipinski definition) is 3. The molecule has 1 aromatic carbocycles. The minimum atomic E-state index is -1.03. The highest BCUT2D eigenvalue weighted by Gasteiger charge is 2.40. The number of piperidine rings is 1. The molecule has 8 unspecified atom stereocenters. The van der Waals surface area contributed by atoms with Gasteiger partial charge in [0.2, 0.25) is 5.91 Å². The van der Waals surface area contributed by atoms with Crippen molar-refractivity contribution in [1.82, 2.24) is 20.1 Å². The van der Waals surface area contributed by atoms with Crippen molar-refractivity contribution in [2.75, 3.05) is 20.3 Å². The van der Waals surface area contributed by atoms with Gasteiger partial charge in [0.1, 0.15) is 22.5 Å². The number of aromatic nitrogens is 1. The fourth-order valence-electron chi connectivity index (χ4n) is 8.05. The molecule has 1 saturated heterocycles. The summed E-state index contributed by atoms with van der Waals surface area (Å²) in [6, 6.07) is 4.28. The van der Waals surface area contributed by atoms with E-state index in [0.717, 1.165) is 42.7 Å². The van der Waals surface area contributed by atoms with Crippen LogP contribution in [0.25, 0.3) is 0 Å². The summed E-state index contributed by atoms with van der Waals surface area (Å²) < 4.78 is 17.1. The van der Waals surface area contributed by atoms with Crippen LogP contribution in [-0.4, -0.2) is 106 Å². The highest BCUT2D eigenvalue weighted by Crippen LogP contribution is 2.34. The zero-order valence-corrected chi connectivity index (χ0v) is 41.7. The molecule has 0 spiro atoms. The smallest absolute Gasteiger partial charge is 0.328 e. The van der Waals surface area contributed by atoms with Gasteiger partial charge in [-0.25, -0.2) is 9.78 Å². The first-order valence-electron chi connectivity index (χ1n) is 23.4. The van der Waals surface area contributed by atoms with E-state index in [-0.39, 0.29) is 90.9 Å². The molecule has 2 heterocycles. The molecule has 3 rings (SSSR count). The van der Waals surface area contributed by atoms with Crippen molar-refractivity contribution in [2.45, 2.75) is 157 Å². The van der Waals surface area contributed by atoms with Crippen molar-refractivity contribution in [1.29, 1.82) is 0 Å². The lowest BCUT2D eigenvalue weighted by Crippen LogP contribution is -2.50. The van der Waals surface area contributed by atoms with Crippen molar-refractivity contribution >= 4 is 52.8 Å². The Kier molecular flexibility index (Phi) is 22.4. The molecular formula is C49H75N5O11S. The lowest BCUT2D eigenvalue weighted by molar-refractivity contribution is -0.162. The summed E-state index contributed by atoms with van der Waals surface area (Å²) >= 11 is 1.09. The van der Waals surface area contributed by atoms with Gasteiger partial charge in [-0.3, -0.25) is 33.7 Å². The third-order valence-corrected chi connectivity index (χ3v) is 13.3. The second-order valence-electron chi connectivity index (χ2n) is 19.1. The lowest BCUT2D eigenvalue weighted by atomic mass is 9.82. The number of thiazole rings is 1. The van der Waals surface area contributed by atoms with E-state index < -0.39 is 65.8 Å². The van der Waals surface area contributed by atoms with Crippen LogP contribution in [-0.2, 0) is 44.7 Å². The molecule has 1 aliphatic rings. The number of ether oxygens (including phenoxy) is 3. The molecule has 0 aliphatic carbocycles. The van der Waals surface area contributed by atoms with Crippen LogP contribution in [0.15, 0.2) is 29.6 Å². The Morgan fingerprint density at radius 2 is 1.62 bits per heavy atom. The molecule has 0 bridgehead atoms. The van der Waals surface area contributed by atoms with Gasteiger partial charge in [0.25, 0.3) is 5.91 Å². The van der Waals surface area contributed by atoms with Gasteiger partial charge in [-0.15, -0.1) is 11.3 Å². The molecule has 4 N–H and O–H groups in total. The van der Waals surface area contributed by atoms with Gasteiger partial charge in [0, 0.05) is 49.6 Å². The van der Waals surface area contributed by atoms with Crippen LogP contribution in [0.1, 0.15) is 148 Å². The topological polar surface area (TPSA) is 225 Å². The van der Waals surface area contributed by atoms with E-state index in [4.69, 9.17) is 19.9 Å². The third kappa shape index (κ3) is 17.2. The van der Waals surface area contributed by atoms with Crippen LogP contribution in [0, 0.1) is 35.5 Å². The summed E-state index contributed by atoms with van der Waals surface area (Å²) in [5, 5.41) is 14.5. The van der Waals surface area contributed by atoms with Crippen molar-refractivity contribution in [3.8, 4) is 5.75 Å². The number of likely N-dealkylation sites (tertiary alicyclic amines) is 1. The van der Waals surface area contributed by atoms with Gasteiger partial charge < -0.3 is 35.3 Å². The van der Waals surface area contributed by atoms with E-state index in [1.165, 1.54) is 17.2 Å². The predicted octanol–water partition coefficient (Wildman–Crippen LogP) is 6.98. The van der Waals surface area contributed by atoms with E-state index in [0.29, 0.717) is 12.2 Å². The third-order valence-electron chi connectivity index (χ3n) is 12.4. The Labute approximate surface area is 395 Å². The number of amides is 2. The first-order chi connectivity index (χ1) is 31.0. The summed E-state index contributed by atoms with van der Waals surface area (Å²) in [6.45, 7) is 18.4. The number of nitrogens with zero attached hydrogens (tertiary/aromatic N) is 3. The summed E-state index contributed by atoms with van der Waals surface area (Å²) in [5.74, 6) is -5.33. The number of carboxylic acid groups (broad SMARTS) is 1. The molecule has 2 aromatic rings. The second-order valence-corrected chi connectivity index (χ2v) is 20.0. The molecule has 66 heavy (non-hydrogen) atoms. The Bertz CT molecular complexity index is 1940. The number of rotatable bonds is 26. The maximum Gasteiger partial charge on any atom is 0.328 e. The van der Waals surface area contributed by atoms with E-state index in [2.05, 4.69) is 15.2 Å². The van der Waals surface area contributed by atoms with Crippen molar-refractivity contribution < 1.29 is 52.9 Å². The van der Waals surface area contributed by atoms with Gasteiger partial charge >= 0.3 is 23.9 Å². The molecule has 1 fully saturated rings. The van der Waals surface area contributed by atoms with Crippen molar-refractivity contribution in [2.24, 2.45) is 41.2 Å². The molecule has 1 aromatic heterocycles. The first-order valence-corrected chi connectivity index (χ1v) is 24.3. The highest BCUT2D eigenvalue weighted by atomic mass is 32.1. The number of ketones is 1. The predicted molar refractivity (Wildman–Crippen MR) is 251 cm³/mol. The van der Waals surface area contributed by atoms with Crippen LogP contribution in [0.5, 0.6) is 5.75 Å². The number of carboxylic acids is 1. The first kappa shape index (κ1) is 55.6. The molecule has 0 radical (unpaired) electrons. The molecular weight excluding hydrogens is 867 g/mol. The quantitative estimate of drug-likeness (QED) is 0.0492. The molecule has 17 heteroatoms.